The molecule has 2 nitrogen and oxygen atoms in total. The van der Waals surface area contributed by atoms with Crippen molar-refractivity contribution in [2.45, 2.75) is 39.3 Å². The summed E-state index contributed by atoms with van der Waals surface area (Å²) in [6.45, 7) is 7.42. The van der Waals surface area contributed by atoms with Crippen molar-refractivity contribution in [1.29, 1.82) is 0 Å². The molecule has 0 amide bonds. The summed E-state index contributed by atoms with van der Waals surface area (Å²) in [5.74, 6) is 0. The summed E-state index contributed by atoms with van der Waals surface area (Å²) in [6.07, 6.45) is 2.56. The molecule has 1 aromatic carbocycles. The molecule has 0 bridgehead atoms. The fourth-order valence-corrected chi connectivity index (χ4v) is 2.61. The Morgan fingerprint density at radius 3 is 2.76 bits per heavy atom. The van der Waals surface area contributed by atoms with Crippen LogP contribution in [0.4, 0.5) is 0 Å². The average molecular weight is 255 g/mol. The fourth-order valence-electron chi connectivity index (χ4n) is 2.61. The molecule has 1 unspecified atom stereocenters. The molecule has 1 atom stereocenters. The first-order chi connectivity index (χ1) is 7.70. The predicted octanol–water partition coefficient (Wildman–Crippen LogP) is 2.65. The number of aryl methyl sites for hydroxylation is 2. The highest BCUT2D eigenvalue weighted by molar-refractivity contribution is 5.85. The Morgan fingerprint density at radius 1 is 1.35 bits per heavy atom. The number of likely N-dealkylation sites (tertiary alicyclic amines) is 1. The quantitative estimate of drug-likeness (QED) is 0.899. The standard InChI is InChI=1S/C14H22N2.ClH/c1-11-5-6-13(12(2)8-11)10-16-7-3-4-14(16)9-15;/h5-6,8,14H,3-4,7,9-10,15H2,1-2H3;1H. The lowest BCUT2D eigenvalue weighted by Gasteiger charge is -2.24. The van der Waals surface area contributed by atoms with E-state index < -0.39 is 0 Å². The van der Waals surface area contributed by atoms with Gasteiger partial charge in [0.25, 0.3) is 0 Å². The van der Waals surface area contributed by atoms with Crippen LogP contribution in [0.3, 0.4) is 0 Å². The van der Waals surface area contributed by atoms with Gasteiger partial charge in [-0.3, -0.25) is 4.90 Å². The van der Waals surface area contributed by atoms with Crippen molar-refractivity contribution in [2.24, 2.45) is 5.73 Å². The zero-order chi connectivity index (χ0) is 11.5. The number of nitrogens with zero attached hydrogens (tertiary/aromatic N) is 1. The van der Waals surface area contributed by atoms with Crippen LogP contribution in [0, 0.1) is 13.8 Å². The van der Waals surface area contributed by atoms with E-state index in [2.05, 4.69) is 36.9 Å². The molecule has 2 N–H and O–H groups in total. The van der Waals surface area contributed by atoms with Crippen molar-refractivity contribution >= 4 is 12.4 Å². The van der Waals surface area contributed by atoms with Crippen molar-refractivity contribution in [3.05, 3.63) is 34.9 Å². The molecule has 1 fully saturated rings. The summed E-state index contributed by atoms with van der Waals surface area (Å²) in [5, 5.41) is 0. The van der Waals surface area contributed by atoms with Gasteiger partial charge in [0.1, 0.15) is 0 Å². The van der Waals surface area contributed by atoms with Crippen molar-refractivity contribution < 1.29 is 0 Å². The summed E-state index contributed by atoms with van der Waals surface area (Å²) in [7, 11) is 0. The molecule has 0 aliphatic carbocycles. The van der Waals surface area contributed by atoms with Crippen LogP contribution in [0.2, 0.25) is 0 Å². The number of hydrogen-bond acceptors (Lipinski definition) is 2. The van der Waals surface area contributed by atoms with E-state index in [4.69, 9.17) is 5.73 Å². The minimum absolute atomic E-state index is 0. The molecule has 0 spiro atoms. The number of rotatable bonds is 3. The fraction of sp³-hybridized carbons (Fsp3) is 0.571. The molecular weight excluding hydrogens is 232 g/mol. The van der Waals surface area contributed by atoms with Crippen LogP contribution in [0.1, 0.15) is 29.5 Å². The van der Waals surface area contributed by atoms with Crippen LogP contribution >= 0.6 is 12.4 Å². The zero-order valence-electron chi connectivity index (χ0n) is 10.8. The highest BCUT2D eigenvalue weighted by atomic mass is 35.5. The Kier molecular flexibility index (Phi) is 5.44. The van der Waals surface area contributed by atoms with Crippen LogP contribution < -0.4 is 5.73 Å². The maximum atomic E-state index is 5.80. The molecule has 1 saturated heterocycles. The van der Waals surface area contributed by atoms with Crippen LogP contribution in [0.15, 0.2) is 18.2 Å². The van der Waals surface area contributed by atoms with Gasteiger partial charge in [-0.25, -0.2) is 0 Å². The van der Waals surface area contributed by atoms with Gasteiger partial charge in [-0.2, -0.15) is 0 Å². The number of benzene rings is 1. The van der Waals surface area contributed by atoms with Crippen LogP contribution in [-0.2, 0) is 6.54 Å². The van der Waals surface area contributed by atoms with Crippen LogP contribution in [0.5, 0.6) is 0 Å². The Balaban J connectivity index is 0.00000144. The van der Waals surface area contributed by atoms with E-state index in [-0.39, 0.29) is 12.4 Å². The van der Waals surface area contributed by atoms with E-state index in [9.17, 15) is 0 Å². The second-order valence-corrected chi connectivity index (χ2v) is 4.93. The largest absolute Gasteiger partial charge is 0.329 e. The van der Waals surface area contributed by atoms with Gasteiger partial charge in [-0.1, -0.05) is 23.8 Å². The number of halogens is 1. The zero-order valence-corrected chi connectivity index (χ0v) is 11.6. The summed E-state index contributed by atoms with van der Waals surface area (Å²) in [6, 6.07) is 7.33. The van der Waals surface area contributed by atoms with Crippen molar-refractivity contribution in [3.8, 4) is 0 Å². The molecule has 0 radical (unpaired) electrons. The molecular formula is C14H23ClN2. The Morgan fingerprint density at radius 2 is 2.12 bits per heavy atom. The van der Waals surface area contributed by atoms with Crippen molar-refractivity contribution in [3.63, 3.8) is 0 Å². The predicted molar refractivity (Wildman–Crippen MR) is 75.7 cm³/mol. The minimum atomic E-state index is 0. The van der Waals surface area contributed by atoms with Gasteiger partial charge in [0.15, 0.2) is 0 Å². The van der Waals surface area contributed by atoms with E-state index in [0.29, 0.717) is 6.04 Å². The normalized spacial score (nSPS) is 20.3. The van der Waals surface area contributed by atoms with E-state index in [0.717, 1.165) is 13.1 Å². The Hall–Kier alpha value is -0.570. The summed E-state index contributed by atoms with van der Waals surface area (Å²) >= 11 is 0. The molecule has 1 aliphatic heterocycles. The van der Waals surface area contributed by atoms with E-state index >= 15 is 0 Å². The van der Waals surface area contributed by atoms with Gasteiger partial charge < -0.3 is 5.73 Å². The molecule has 0 saturated carbocycles. The molecule has 3 heteroatoms. The van der Waals surface area contributed by atoms with Crippen molar-refractivity contribution in [2.75, 3.05) is 13.1 Å². The van der Waals surface area contributed by atoms with E-state index in [1.165, 1.54) is 36.1 Å². The first-order valence-corrected chi connectivity index (χ1v) is 6.21. The van der Waals surface area contributed by atoms with Gasteiger partial charge in [-0.05, 0) is 44.4 Å². The first kappa shape index (κ1) is 14.5. The molecule has 17 heavy (non-hydrogen) atoms. The Labute approximate surface area is 111 Å². The van der Waals surface area contributed by atoms with Gasteiger partial charge >= 0.3 is 0 Å². The summed E-state index contributed by atoms with van der Waals surface area (Å²) in [4.78, 5) is 2.53. The molecule has 1 aromatic rings. The third-order valence-electron chi connectivity index (χ3n) is 3.64. The lowest BCUT2D eigenvalue weighted by atomic mass is 10.1. The Bertz CT molecular complexity index is 365. The highest BCUT2D eigenvalue weighted by Gasteiger charge is 2.23. The third-order valence-corrected chi connectivity index (χ3v) is 3.64. The maximum Gasteiger partial charge on any atom is 0.0239 e. The molecule has 1 aliphatic rings. The van der Waals surface area contributed by atoms with E-state index in [1.807, 2.05) is 0 Å². The highest BCUT2D eigenvalue weighted by Crippen LogP contribution is 2.21. The lowest BCUT2D eigenvalue weighted by Crippen LogP contribution is -2.35. The van der Waals surface area contributed by atoms with E-state index in [1.54, 1.807) is 0 Å². The second kappa shape index (κ2) is 6.39. The third kappa shape index (κ3) is 3.44. The van der Waals surface area contributed by atoms with Gasteiger partial charge in [-0.15, -0.1) is 12.4 Å². The van der Waals surface area contributed by atoms with Gasteiger partial charge in [0.05, 0.1) is 0 Å². The molecule has 0 aromatic heterocycles. The summed E-state index contributed by atoms with van der Waals surface area (Å²) in [5.41, 5.74) is 10.00. The van der Waals surface area contributed by atoms with Crippen molar-refractivity contribution in [1.82, 2.24) is 4.90 Å². The number of hydrogen-bond donors (Lipinski definition) is 1. The smallest absolute Gasteiger partial charge is 0.0239 e. The topological polar surface area (TPSA) is 29.3 Å². The number of nitrogens with two attached hydrogens (primary N) is 1. The first-order valence-electron chi connectivity index (χ1n) is 6.21. The monoisotopic (exact) mass is 254 g/mol. The maximum absolute atomic E-state index is 5.80. The van der Waals surface area contributed by atoms with Crippen LogP contribution in [-0.4, -0.2) is 24.0 Å². The SMILES string of the molecule is Cc1ccc(CN2CCCC2CN)c(C)c1.Cl. The van der Waals surface area contributed by atoms with Gasteiger partial charge in [0, 0.05) is 19.1 Å². The summed E-state index contributed by atoms with van der Waals surface area (Å²) < 4.78 is 0. The van der Waals surface area contributed by atoms with Crippen LogP contribution in [0.25, 0.3) is 0 Å². The lowest BCUT2D eigenvalue weighted by molar-refractivity contribution is 0.250. The van der Waals surface area contributed by atoms with Gasteiger partial charge in [0.2, 0.25) is 0 Å². The molecule has 2 rings (SSSR count). The second-order valence-electron chi connectivity index (χ2n) is 4.93. The molecule has 96 valence electrons. The minimum Gasteiger partial charge on any atom is -0.329 e. The molecule has 1 heterocycles. The average Bonchev–Trinajstić information content (AvgIpc) is 2.69.